The Hall–Kier alpha value is -1.22. The number of ether oxygens (including phenoxy) is 1. The van der Waals surface area contributed by atoms with Gasteiger partial charge < -0.3 is 9.84 Å². The first kappa shape index (κ1) is 10.9. The van der Waals surface area contributed by atoms with Crippen LogP contribution in [0.25, 0.3) is 0 Å². The van der Waals surface area contributed by atoms with Crippen LogP contribution < -0.4 is 4.74 Å². The van der Waals surface area contributed by atoms with E-state index < -0.39 is 5.97 Å². The lowest BCUT2D eigenvalue weighted by atomic mass is 10.0. The molecular weight excluding hydrogens is 204 g/mol. The van der Waals surface area contributed by atoms with E-state index in [0.717, 1.165) is 5.56 Å². The molecule has 0 aromatic heterocycles. The van der Waals surface area contributed by atoms with Crippen LogP contribution in [0.4, 0.5) is 0 Å². The first-order valence-electron chi connectivity index (χ1n) is 4.10. The van der Waals surface area contributed by atoms with Gasteiger partial charge in [-0.25, -0.2) is 0 Å². The first-order chi connectivity index (χ1) is 6.56. The molecule has 0 radical (unpaired) electrons. The summed E-state index contributed by atoms with van der Waals surface area (Å²) >= 11 is 5.88. The monoisotopic (exact) mass is 214 g/mol. The molecule has 3 nitrogen and oxygen atoms in total. The van der Waals surface area contributed by atoms with Crippen LogP contribution in [0.15, 0.2) is 12.1 Å². The average molecular weight is 215 g/mol. The van der Waals surface area contributed by atoms with Crippen molar-refractivity contribution in [2.75, 3.05) is 7.11 Å². The molecule has 0 saturated heterocycles. The summed E-state index contributed by atoms with van der Waals surface area (Å²) in [7, 11) is 1.54. The molecule has 0 aliphatic heterocycles. The maximum Gasteiger partial charge on any atom is 0.307 e. The number of carbonyl (C=O) groups is 1. The van der Waals surface area contributed by atoms with Gasteiger partial charge in [-0.2, -0.15) is 0 Å². The van der Waals surface area contributed by atoms with E-state index in [1.54, 1.807) is 26.2 Å². The number of carboxylic acid groups (broad SMARTS) is 1. The van der Waals surface area contributed by atoms with Gasteiger partial charge in [-0.15, -0.1) is 0 Å². The Balaban J connectivity index is 3.18. The topological polar surface area (TPSA) is 46.5 Å². The molecule has 0 aliphatic carbocycles. The van der Waals surface area contributed by atoms with Crippen molar-refractivity contribution in [3.63, 3.8) is 0 Å². The molecule has 0 atom stereocenters. The van der Waals surface area contributed by atoms with Gasteiger partial charge in [0, 0.05) is 5.02 Å². The Morgan fingerprint density at radius 1 is 1.57 bits per heavy atom. The molecule has 0 unspecified atom stereocenters. The Bertz CT molecular complexity index is 361. The summed E-state index contributed by atoms with van der Waals surface area (Å²) in [6, 6.07) is 3.37. The highest BCUT2D eigenvalue weighted by atomic mass is 35.5. The molecule has 14 heavy (non-hydrogen) atoms. The predicted molar refractivity (Wildman–Crippen MR) is 54.1 cm³/mol. The number of halogens is 1. The van der Waals surface area contributed by atoms with E-state index in [2.05, 4.69) is 0 Å². The molecule has 0 heterocycles. The summed E-state index contributed by atoms with van der Waals surface area (Å²) in [6.45, 7) is 1.79. The highest BCUT2D eigenvalue weighted by molar-refractivity contribution is 6.31. The smallest absolute Gasteiger partial charge is 0.307 e. The summed E-state index contributed by atoms with van der Waals surface area (Å²) in [5.74, 6) is -0.242. The second-order valence-corrected chi connectivity index (χ2v) is 3.33. The highest BCUT2D eigenvalue weighted by Crippen LogP contribution is 2.28. The van der Waals surface area contributed by atoms with Crippen molar-refractivity contribution in [3.8, 4) is 5.75 Å². The molecule has 76 valence electrons. The summed E-state index contributed by atoms with van der Waals surface area (Å²) in [4.78, 5) is 10.6. The summed E-state index contributed by atoms with van der Waals surface area (Å²) < 4.78 is 5.07. The van der Waals surface area contributed by atoms with Gasteiger partial charge in [0.25, 0.3) is 0 Å². The maximum atomic E-state index is 10.6. The van der Waals surface area contributed by atoms with Crippen LogP contribution in [-0.2, 0) is 11.2 Å². The Kier molecular flexibility index (Phi) is 3.36. The van der Waals surface area contributed by atoms with Gasteiger partial charge in [0.2, 0.25) is 0 Å². The van der Waals surface area contributed by atoms with E-state index in [1.807, 2.05) is 0 Å². The number of methoxy groups -OCH3 is 1. The van der Waals surface area contributed by atoms with Gasteiger partial charge in [-0.3, -0.25) is 4.79 Å². The number of rotatable bonds is 3. The van der Waals surface area contributed by atoms with Crippen molar-refractivity contribution in [2.45, 2.75) is 13.3 Å². The zero-order valence-corrected chi connectivity index (χ0v) is 8.76. The number of hydrogen-bond acceptors (Lipinski definition) is 2. The summed E-state index contributed by atoms with van der Waals surface area (Å²) in [6.07, 6.45) is -0.0815. The Morgan fingerprint density at radius 3 is 2.71 bits per heavy atom. The van der Waals surface area contributed by atoms with Crippen LogP contribution in [0.1, 0.15) is 11.1 Å². The second kappa shape index (κ2) is 4.33. The molecule has 0 amide bonds. The number of benzene rings is 1. The Labute approximate surface area is 87.3 Å². The predicted octanol–water partition coefficient (Wildman–Crippen LogP) is 2.28. The minimum atomic E-state index is -0.900. The van der Waals surface area contributed by atoms with Crippen molar-refractivity contribution in [1.29, 1.82) is 0 Å². The summed E-state index contributed by atoms with van der Waals surface area (Å²) in [5, 5.41) is 9.14. The molecule has 1 aromatic rings. The lowest BCUT2D eigenvalue weighted by Crippen LogP contribution is -2.03. The van der Waals surface area contributed by atoms with Crippen LogP contribution in [0.2, 0.25) is 5.02 Å². The van der Waals surface area contributed by atoms with E-state index >= 15 is 0 Å². The van der Waals surface area contributed by atoms with Gasteiger partial charge in [0.05, 0.1) is 13.5 Å². The fourth-order valence-electron chi connectivity index (χ4n) is 1.29. The molecule has 0 aliphatic rings. The van der Waals surface area contributed by atoms with Crippen molar-refractivity contribution < 1.29 is 14.6 Å². The Morgan fingerprint density at radius 2 is 2.21 bits per heavy atom. The van der Waals surface area contributed by atoms with Crippen LogP contribution in [0.3, 0.4) is 0 Å². The zero-order valence-electron chi connectivity index (χ0n) is 8.00. The van der Waals surface area contributed by atoms with E-state index in [9.17, 15) is 4.79 Å². The molecule has 1 N–H and O–H groups in total. The fourth-order valence-corrected chi connectivity index (χ4v) is 1.56. The zero-order chi connectivity index (χ0) is 10.7. The van der Waals surface area contributed by atoms with Crippen LogP contribution in [0, 0.1) is 6.92 Å². The quantitative estimate of drug-likeness (QED) is 0.840. The van der Waals surface area contributed by atoms with Gasteiger partial charge in [0.1, 0.15) is 5.75 Å². The van der Waals surface area contributed by atoms with Crippen molar-refractivity contribution in [3.05, 3.63) is 28.3 Å². The average Bonchev–Trinajstić information content (AvgIpc) is 2.12. The first-order valence-corrected chi connectivity index (χ1v) is 4.47. The maximum absolute atomic E-state index is 10.6. The van der Waals surface area contributed by atoms with Crippen LogP contribution in [-0.4, -0.2) is 18.2 Å². The lowest BCUT2D eigenvalue weighted by Gasteiger charge is -2.10. The third-order valence-corrected chi connectivity index (χ3v) is 2.39. The summed E-state index contributed by atoms with van der Waals surface area (Å²) in [5.41, 5.74) is 1.39. The normalized spacial score (nSPS) is 9.93. The van der Waals surface area contributed by atoms with Gasteiger partial charge >= 0.3 is 5.97 Å². The molecule has 1 aromatic carbocycles. The molecule has 0 bridgehead atoms. The SMILES string of the molecule is COc1ccc(Cl)c(CC(=O)O)c1C. The minimum absolute atomic E-state index is 0.0815. The fraction of sp³-hybridized carbons (Fsp3) is 0.300. The largest absolute Gasteiger partial charge is 0.496 e. The van der Waals surface area contributed by atoms with Gasteiger partial charge in [0.15, 0.2) is 0 Å². The van der Waals surface area contributed by atoms with E-state index in [0.29, 0.717) is 16.3 Å². The lowest BCUT2D eigenvalue weighted by molar-refractivity contribution is -0.136. The molecule has 0 fully saturated rings. The van der Waals surface area contributed by atoms with Gasteiger partial charge in [-0.05, 0) is 30.2 Å². The van der Waals surface area contributed by atoms with Gasteiger partial charge in [-0.1, -0.05) is 11.6 Å². The molecular formula is C10H11ClO3. The molecule has 0 saturated carbocycles. The van der Waals surface area contributed by atoms with Crippen LogP contribution >= 0.6 is 11.6 Å². The van der Waals surface area contributed by atoms with E-state index in [1.165, 1.54) is 0 Å². The van der Waals surface area contributed by atoms with Crippen molar-refractivity contribution in [2.24, 2.45) is 0 Å². The molecule has 4 heteroatoms. The second-order valence-electron chi connectivity index (χ2n) is 2.92. The van der Waals surface area contributed by atoms with E-state index in [-0.39, 0.29) is 6.42 Å². The third-order valence-electron chi connectivity index (χ3n) is 2.04. The molecule has 1 rings (SSSR count). The number of aliphatic carboxylic acids is 1. The third kappa shape index (κ3) is 2.17. The number of hydrogen-bond donors (Lipinski definition) is 1. The van der Waals surface area contributed by atoms with E-state index in [4.69, 9.17) is 21.4 Å². The van der Waals surface area contributed by atoms with Crippen molar-refractivity contribution >= 4 is 17.6 Å². The van der Waals surface area contributed by atoms with Crippen LogP contribution in [0.5, 0.6) is 5.75 Å². The molecule has 0 spiro atoms. The standard InChI is InChI=1S/C10H11ClO3/c1-6-7(5-10(12)13)8(11)3-4-9(6)14-2/h3-4H,5H2,1-2H3,(H,12,13). The van der Waals surface area contributed by atoms with Crippen molar-refractivity contribution in [1.82, 2.24) is 0 Å². The highest BCUT2D eigenvalue weighted by Gasteiger charge is 2.11. The minimum Gasteiger partial charge on any atom is -0.496 e. The number of carboxylic acids is 1.